The van der Waals surface area contributed by atoms with E-state index in [1.807, 2.05) is 13.8 Å². The number of nitrogens with zero attached hydrogens (tertiary/aromatic N) is 3. The maximum Gasteiger partial charge on any atom is 0.283 e. The molecule has 2 aliphatic heterocycles. The molecule has 0 bridgehead atoms. The predicted octanol–water partition coefficient (Wildman–Crippen LogP) is 5.33. The summed E-state index contributed by atoms with van der Waals surface area (Å²) in [5.74, 6) is -0.423. The third kappa shape index (κ3) is 4.40. The Morgan fingerprint density at radius 2 is 2.06 bits per heavy atom. The summed E-state index contributed by atoms with van der Waals surface area (Å²) < 4.78 is 19.7. The lowest BCUT2D eigenvalue weighted by Gasteiger charge is -2.20. The molecule has 2 aliphatic rings. The quantitative estimate of drug-likeness (QED) is 0.616. The van der Waals surface area contributed by atoms with Crippen LogP contribution in [0.2, 0.25) is 5.02 Å². The van der Waals surface area contributed by atoms with Crippen molar-refractivity contribution < 1.29 is 13.9 Å². The van der Waals surface area contributed by atoms with Gasteiger partial charge in [-0.15, -0.1) is 0 Å². The van der Waals surface area contributed by atoms with Crippen molar-refractivity contribution in [1.82, 2.24) is 5.01 Å². The van der Waals surface area contributed by atoms with Gasteiger partial charge in [0.05, 0.1) is 5.57 Å². The number of benzene rings is 2. The molecule has 2 heterocycles. The monoisotopic (exact) mass is 456 g/mol. The molecular weight excluding hydrogens is 439 g/mol. The Kier molecular flexibility index (Phi) is 5.93. The fourth-order valence-electron chi connectivity index (χ4n) is 2.93. The number of thioether (sulfide) groups is 1. The first-order chi connectivity index (χ1) is 14.8. The molecule has 1 N–H and O–H groups in total. The predicted molar refractivity (Wildman–Crippen MR) is 122 cm³/mol. The average molecular weight is 457 g/mol. The highest BCUT2D eigenvalue weighted by molar-refractivity contribution is 8.27. The molecule has 0 unspecified atom stereocenters. The minimum Gasteiger partial charge on any atom is -0.488 e. The van der Waals surface area contributed by atoms with E-state index < -0.39 is 5.91 Å². The number of nitrogens with one attached hydrogen (secondary N) is 1. The van der Waals surface area contributed by atoms with Crippen molar-refractivity contribution in [2.24, 2.45) is 16.0 Å². The summed E-state index contributed by atoms with van der Waals surface area (Å²) in [6.07, 6.45) is 1.50. The first-order valence-corrected chi connectivity index (χ1v) is 10.7. The van der Waals surface area contributed by atoms with E-state index >= 15 is 0 Å². The van der Waals surface area contributed by atoms with Gasteiger partial charge in [0.25, 0.3) is 5.91 Å². The number of hydrogen-bond acceptors (Lipinski definition) is 5. The zero-order valence-corrected chi connectivity index (χ0v) is 18.3. The van der Waals surface area contributed by atoms with E-state index in [0.717, 1.165) is 5.04 Å². The van der Waals surface area contributed by atoms with Gasteiger partial charge in [0.15, 0.2) is 5.84 Å². The summed E-state index contributed by atoms with van der Waals surface area (Å²) in [5, 5.41) is 15.8. The van der Waals surface area contributed by atoms with E-state index in [4.69, 9.17) is 21.7 Å². The number of halogens is 2. The van der Waals surface area contributed by atoms with Crippen LogP contribution < -0.4 is 4.74 Å². The molecule has 0 aromatic heterocycles. The Morgan fingerprint density at radius 1 is 1.29 bits per heavy atom. The Bertz CT molecular complexity index is 1180. The fourth-order valence-corrected chi connectivity index (χ4v) is 4.00. The van der Waals surface area contributed by atoms with Gasteiger partial charge in [0.1, 0.15) is 23.2 Å². The number of fused-ring (bicyclic) bond motifs is 1. The largest absolute Gasteiger partial charge is 0.488 e. The molecular formula is C22H18ClFN4O2S. The van der Waals surface area contributed by atoms with E-state index in [0.29, 0.717) is 27.1 Å². The second-order valence-corrected chi connectivity index (χ2v) is 8.60. The number of amides is 1. The standard InChI is InChI=1S/C22H18ClFN4O2S/c1-12(2)21-27-28-19(25)16(20(29)26-22(28)31-21)10-14-9-15(23)7-8-18(14)30-11-13-5-3-4-6-17(13)24/h3-10,12,25H,11H2,1-2H3. The van der Waals surface area contributed by atoms with E-state index in [-0.39, 0.29) is 29.8 Å². The Labute approximate surface area is 188 Å². The molecule has 9 heteroatoms. The second kappa shape index (κ2) is 8.64. The van der Waals surface area contributed by atoms with Crippen molar-refractivity contribution in [3.8, 4) is 5.75 Å². The number of amidine groups is 2. The first-order valence-electron chi connectivity index (χ1n) is 9.49. The highest BCUT2D eigenvalue weighted by Gasteiger charge is 2.36. The van der Waals surface area contributed by atoms with Gasteiger partial charge in [-0.2, -0.15) is 15.1 Å². The van der Waals surface area contributed by atoms with Gasteiger partial charge in [-0.1, -0.05) is 43.6 Å². The maximum atomic E-state index is 13.9. The number of carbonyl (C=O) groups excluding carboxylic acids is 1. The molecule has 0 atom stereocenters. The molecule has 158 valence electrons. The minimum absolute atomic E-state index is 0.00296. The Morgan fingerprint density at radius 3 is 2.81 bits per heavy atom. The highest BCUT2D eigenvalue weighted by atomic mass is 35.5. The lowest BCUT2D eigenvalue weighted by molar-refractivity contribution is -0.114. The molecule has 6 nitrogen and oxygen atoms in total. The van der Waals surface area contributed by atoms with E-state index in [1.165, 1.54) is 28.9 Å². The van der Waals surface area contributed by atoms with Crippen LogP contribution in [0.4, 0.5) is 4.39 Å². The molecule has 4 rings (SSSR count). The zero-order chi connectivity index (χ0) is 22.1. The van der Waals surface area contributed by atoms with Crippen LogP contribution in [0.15, 0.2) is 58.1 Å². The minimum atomic E-state index is -0.538. The molecule has 31 heavy (non-hydrogen) atoms. The van der Waals surface area contributed by atoms with E-state index in [2.05, 4.69) is 10.1 Å². The summed E-state index contributed by atoms with van der Waals surface area (Å²) in [4.78, 5) is 16.7. The van der Waals surface area contributed by atoms with Gasteiger partial charge >= 0.3 is 0 Å². The molecule has 2 aromatic rings. The van der Waals surface area contributed by atoms with Gasteiger partial charge in [-0.3, -0.25) is 10.2 Å². The zero-order valence-electron chi connectivity index (χ0n) is 16.7. The first kappa shape index (κ1) is 21.3. The van der Waals surface area contributed by atoms with Crippen LogP contribution in [0.25, 0.3) is 6.08 Å². The average Bonchev–Trinajstić information content (AvgIpc) is 3.16. The van der Waals surface area contributed by atoms with Gasteiger partial charge in [0.2, 0.25) is 5.17 Å². The molecule has 0 saturated heterocycles. The fraction of sp³-hybridized carbons (Fsp3) is 0.182. The normalized spacial score (nSPS) is 17.2. The summed E-state index contributed by atoms with van der Waals surface area (Å²) in [7, 11) is 0. The lowest BCUT2D eigenvalue weighted by atomic mass is 10.1. The van der Waals surface area contributed by atoms with Crippen molar-refractivity contribution >= 4 is 51.4 Å². The van der Waals surface area contributed by atoms with Gasteiger partial charge < -0.3 is 4.74 Å². The van der Waals surface area contributed by atoms with E-state index in [9.17, 15) is 9.18 Å². The van der Waals surface area contributed by atoms with Crippen LogP contribution in [-0.4, -0.2) is 27.0 Å². The molecule has 2 aromatic carbocycles. The van der Waals surface area contributed by atoms with Gasteiger partial charge in [-0.05, 0) is 42.1 Å². The molecule has 0 fully saturated rings. The molecule has 0 saturated carbocycles. The van der Waals surface area contributed by atoms with Crippen molar-refractivity contribution in [3.05, 3.63) is 70.0 Å². The van der Waals surface area contributed by atoms with Crippen LogP contribution >= 0.6 is 23.4 Å². The maximum absolute atomic E-state index is 13.9. The number of aliphatic imine (C=N–C) groups is 1. The molecule has 0 spiro atoms. The highest BCUT2D eigenvalue weighted by Crippen LogP contribution is 2.32. The molecule has 1 amide bonds. The van der Waals surface area contributed by atoms with Crippen molar-refractivity contribution in [2.75, 3.05) is 0 Å². The summed E-state index contributed by atoms with van der Waals surface area (Å²) >= 11 is 7.43. The number of rotatable bonds is 5. The number of carbonyl (C=O) groups is 1. The topological polar surface area (TPSA) is 78.1 Å². The Hall–Kier alpha value is -2.97. The molecule has 0 radical (unpaired) electrons. The van der Waals surface area contributed by atoms with E-state index in [1.54, 1.807) is 36.4 Å². The summed E-state index contributed by atoms with van der Waals surface area (Å²) in [6, 6.07) is 11.2. The SMILES string of the molecule is CC(C)C1=NN2C(=N)C(=Cc3cc(Cl)ccc3OCc3ccccc3F)C(=O)N=C2S1. The molecule has 0 aliphatic carbocycles. The van der Waals surface area contributed by atoms with Gasteiger partial charge in [-0.25, -0.2) is 4.39 Å². The second-order valence-electron chi connectivity index (χ2n) is 7.18. The van der Waals surface area contributed by atoms with Crippen LogP contribution in [0, 0.1) is 17.1 Å². The third-order valence-electron chi connectivity index (χ3n) is 4.58. The van der Waals surface area contributed by atoms with Crippen LogP contribution in [0.5, 0.6) is 5.75 Å². The van der Waals surface area contributed by atoms with Crippen molar-refractivity contribution in [3.63, 3.8) is 0 Å². The summed E-state index contributed by atoms with van der Waals surface area (Å²) in [5.41, 5.74) is 0.947. The summed E-state index contributed by atoms with van der Waals surface area (Å²) in [6.45, 7) is 3.97. The number of ether oxygens (including phenoxy) is 1. The Balaban J connectivity index is 1.65. The number of hydrazone groups is 1. The third-order valence-corrected chi connectivity index (χ3v) is 6.02. The van der Waals surface area contributed by atoms with Crippen LogP contribution in [-0.2, 0) is 11.4 Å². The van der Waals surface area contributed by atoms with Gasteiger partial charge in [0, 0.05) is 22.1 Å². The van der Waals surface area contributed by atoms with Crippen LogP contribution in [0.1, 0.15) is 25.0 Å². The van der Waals surface area contributed by atoms with Crippen molar-refractivity contribution in [2.45, 2.75) is 20.5 Å². The smallest absolute Gasteiger partial charge is 0.283 e. The lowest BCUT2D eigenvalue weighted by Crippen LogP contribution is -2.35. The van der Waals surface area contributed by atoms with Crippen molar-refractivity contribution in [1.29, 1.82) is 5.41 Å². The number of hydrogen-bond donors (Lipinski definition) is 1. The van der Waals surface area contributed by atoms with Crippen LogP contribution in [0.3, 0.4) is 0 Å².